The van der Waals surface area contributed by atoms with Crippen LogP contribution in [0.25, 0.3) is 0 Å². The summed E-state index contributed by atoms with van der Waals surface area (Å²) in [7, 11) is 0. The second-order valence-corrected chi connectivity index (χ2v) is 7.26. The third kappa shape index (κ3) is 2.94. The van der Waals surface area contributed by atoms with Crippen LogP contribution in [0.5, 0.6) is 0 Å². The van der Waals surface area contributed by atoms with E-state index in [4.69, 9.17) is 0 Å². The van der Waals surface area contributed by atoms with E-state index in [9.17, 15) is 0 Å². The lowest BCUT2D eigenvalue weighted by Gasteiger charge is -2.26. The van der Waals surface area contributed by atoms with Crippen molar-refractivity contribution < 1.29 is 0 Å². The molecule has 0 radical (unpaired) electrons. The highest BCUT2D eigenvalue weighted by molar-refractivity contribution is 7.99. The molecule has 0 amide bonds. The summed E-state index contributed by atoms with van der Waals surface area (Å²) >= 11 is 6.41. The summed E-state index contributed by atoms with van der Waals surface area (Å²) in [5.74, 6) is 2.11. The fraction of sp³-hybridized carbons (Fsp3) is 0.923. The normalized spacial score (nSPS) is 23.2. The molecule has 1 aromatic heterocycles. The van der Waals surface area contributed by atoms with Crippen LogP contribution in [-0.4, -0.2) is 31.7 Å². The minimum absolute atomic E-state index is 0.417. The van der Waals surface area contributed by atoms with E-state index in [2.05, 4.69) is 32.8 Å². The highest BCUT2D eigenvalue weighted by Gasteiger charge is 2.33. The third-order valence-corrected chi connectivity index (χ3v) is 6.59. The van der Waals surface area contributed by atoms with Crippen LogP contribution >= 0.6 is 24.4 Å². The van der Waals surface area contributed by atoms with Gasteiger partial charge in [-0.2, -0.15) is 12.6 Å². The van der Waals surface area contributed by atoms with Gasteiger partial charge in [-0.05, 0) is 47.3 Å². The number of tetrazole rings is 1. The lowest BCUT2D eigenvalue weighted by molar-refractivity contribution is 0.399. The Hall–Kier alpha value is -0.230. The SMILES string of the molecule is SCC1(CSc2nnnn2C2CCCC2)CCCC1. The highest BCUT2D eigenvalue weighted by atomic mass is 32.2. The molecule has 1 heterocycles. The molecule has 6 heteroatoms. The van der Waals surface area contributed by atoms with Gasteiger partial charge in [-0.15, -0.1) is 5.10 Å². The average Bonchev–Trinajstić information content (AvgIpc) is 3.17. The molecule has 0 bridgehead atoms. The topological polar surface area (TPSA) is 43.6 Å². The molecule has 4 nitrogen and oxygen atoms in total. The molecule has 0 spiro atoms. The van der Waals surface area contributed by atoms with E-state index < -0.39 is 0 Å². The molecule has 19 heavy (non-hydrogen) atoms. The molecular weight excluding hydrogens is 276 g/mol. The number of aromatic nitrogens is 4. The van der Waals surface area contributed by atoms with Crippen molar-refractivity contribution in [2.45, 2.75) is 62.6 Å². The predicted molar refractivity (Wildman–Crippen MR) is 80.8 cm³/mol. The Kier molecular flexibility index (Phi) is 4.37. The largest absolute Gasteiger partial charge is 0.217 e. The number of thiol groups is 1. The number of hydrogen-bond acceptors (Lipinski definition) is 5. The molecule has 2 aliphatic rings. The molecule has 2 fully saturated rings. The Morgan fingerprint density at radius 3 is 2.63 bits per heavy atom. The predicted octanol–water partition coefficient (Wildman–Crippen LogP) is 3.37. The van der Waals surface area contributed by atoms with Crippen molar-refractivity contribution in [2.75, 3.05) is 11.5 Å². The Morgan fingerprint density at radius 2 is 1.95 bits per heavy atom. The fourth-order valence-corrected chi connectivity index (χ4v) is 5.17. The van der Waals surface area contributed by atoms with Gasteiger partial charge in [0.1, 0.15) is 0 Å². The molecule has 3 rings (SSSR count). The van der Waals surface area contributed by atoms with Crippen molar-refractivity contribution in [3.8, 4) is 0 Å². The van der Waals surface area contributed by atoms with Crippen molar-refractivity contribution in [2.24, 2.45) is 5.41 Å². The summed E-state index contributed by atoms with van der Waals surface area (Å²) in [4.78, 5) is 0. The maximum atomic E-state index is 4.57. The molecule has 0 atom stereocenters. The quantitative estimate of drug-likeness (QED) is 0.668. The first-order valence-corrected chi connectivity index (χ1v) is 8.96. The Bertz CT molecular complexity index is 409. The molecule has 0 aromatic carbocycles. The van der Waals surface area contributed by atoms with Crippen LogP contribution in [0, 0.1) is 5.41 Å². The monoisotopic (exact) mass is 298 g/mol. The van der Waals surface area contributed by atoms with Crippen LogP contribution in [0.4, 0.5) is 0 Å². The minimum Gasteiger partial charge on any atom is -0.217 e. The van der Waals surface area contributed by atoms with E-state index >= 15 is 0 Å². The number of nitrogens with zero attached hydrogens (tertiary/aromatic N) is 4. The minimum atomic E-state index is 0.417. The Morgan fingerprint density at radius 1 is 1.21 bits per heavy atom. The van der Waals surface area contributed by atoms with Gasteiger partial charge in [0.25, 0.3) is 0 Å². The average molecular weight is 298 g/mol. The Labute approximate surface area is 124 Å². The first kappa shape index (κ1) is 13.7. The molecule has 0 unspecified atom stereocenters. The van der Waals surface area contributed by atoms with Gasteiger partial charge in [-0.1, -0.05) is 37.4 Å². The zero-order valence-corrected chi connectivity index (χ0v) is 13.0. The van der Waals surface area contributed by atoms with Gasteiger partial charge in [-0.25, -0.2) is 4.68 Å². The maximum Gasteiger partial charge on any atom is 0.209 e. The molecule has 0 N–H and O–H groups in total. The van der Waals surface area contributed by atoms with Crippen LogP contribution in [0.3, 0.4) is 0 Å². The molecular formula is C13H22N4S2. The van der Waals surface area contributed by atoms with Gasteiger partial charge in [0.15, 0.2) is 0 Å². The summed E-state index contributed by atoms with van der Waals surface area (Å²) in [6, 6.07) is 0.535. The van der Waals surface area contributed by atoms with Gasteiger partial charge in [0.05, 0.1) is 6.04 Å². The zero-order valence-electron chi connectivity index (χ0n) is 11.3. The second kappa shape index (κ2) is 6.04. The van der Waals surface area contributed by atoms with Gasteiger partial charge in [0.2, 0.25) is 5.16 Å². The van der Waals surface area contributed by atoms with E-state index in [0.29, 0.717) is 11.5 Å². The number of thioether (sulfide) groups is 1. The van der Waals surface area contributed by atoms with Crippen LogP contribution in [0.1, 0.15) is 57.4 Å². The standard InChI is InChI=1S/C13H22N4S2/c18-9-13(7-3-4-8-13)10-19-12-14-15-16-17(12)11-5-1-2-6-11/h11,18H,1-10H2. The first-order chi connectivity index (χ1) is 9.33. The summed E-state index contributed by atoms with van der Waals surface area (Å²) < 4.78 is 2.07. The smallest absolute Gasteiger partial charge is 0.209 e. The Balaban J connectivity index is 1.65. The molecule has 0 aliphatic heterocycles. The van der Waals surface area contributed by atoms with Crippen molar-refractivity contribution in [3.63, 3.8) is 0 Å². The fourth-order valence-electron chi connectivity index (χ4n) is 3.35. The van der Waals surface area contributed by atoms with Crippen LogP contribution < -0.4 is 0 Å². The maximum absolute atomic E-state index is 4.57. The lowest BCUT2D eigenvalue weighted by Crippen LogP contribution is -2.22. The third-order valence-electron chi connectivity index (χ3n) is 4.64. The van der Waals surface area contributed by atoms with E-state index in [1.807, 2.05) is 11.8 Å². The van der Waals surface area contributed by atoms with Gasteiger partial charge >= 0.3 is 0 Å². The van der Waals surface area contributed by atoms with Crippen LogP contribution in [0.2, 0.25) is 0 Å². The molecule has 2 saturated carbocycles. The van der Waals surface area contributed by atoms with Gasteiger partial charge in [0, 0.05) is 5.75 Å². The highest BCUT2D eigenvalue weighted by Crippen LogP contribution is 2.43. The van der Waals surface area contributed by atoms with Crippen molar-refractivity contribution in [1.29, 1.82) is 0 Å². The summed E-state index contributed by atoms with van der Waals surface area (Å²) in [6.07, 6.45) is 10.4. The first-order valence-electron chi connectivity index (χ1n) is 7.35. The lowest BCUT2D eigenvalue weighted by atomic mass is 9.91. The summed E-state index contributed by atoms with van der Waals surface area (Å²) in [6.45, 7) is 0. The summed E-state index contributed by atoms with van der Waals surface area (Å²) in [5, 5.41) is 13.3. The van der Waals surface area contributed by atoms with Crippen molar-refractivity contribution in [3.05, 3.63) is 0 Å². The number of hydrogen-bond donors (Lipinski definition) is 1. The zero-order chi connectivity index (χ0) is 13.1. The van der Waals surface area contributed by atoms with Crippen LogP contribution in [0.15, 0.2) is 5.16 Å². The van der Waals surface area contributed by atoms with E-state index in [0.717, 1.165) is 16.7 Å². The molecule has 2 aliphatic carbocycles. The van der Waals surface area contributed by atoms with E-state index in [1.165, 1.54) is 51.4 Å². The van der Waals surface area contributed by atoms with E-state index in [1.54, 1.807) is 0 Å². The van der Waals surface area contributed by atoms with Crippen LogP contribution in [-0.2, 0) is 0 Å². The molecule has 106 valence electrons. The van der Waals surface area contributed by atoms with Crippen molar-refractivity contribution >= 4 is 24.4 Å². The van der Waals surface area contributed by atoms with E-state index in [-0.39, 0.29) is 0 Å². The number of rotatable bonds is 5. The van der Waals surface area contributed by atoms with Gasteiger partial charge in [-0.3, -0.25) is 0 Å². The molecule has 1 aromatic rings. The summed E-state index contributed by atoms with van der Waals surface area (Å²) in [5.41, 5.74) is 0.417. The molecule has 0 saturated heterocycles. The second-order valence-electron chi connectivity index (χ2n) is 6.00. The van der Waals surface area contributed by atoms with Crippen molar-refractivity contribution in [1.82, 2.24) is 20.2 Å². The van der Waals surface area contributed by atoms with Gasteiger partial charge < -0.3 is 0 Å².